The Morgan fingerprint density at radius 2 is 1.86 bits per heavy atom. The summed E-state index contributed by atoms with van der Waals surface area (Å²) in [4.78, 5) is 16.8. The summed E-state index contributed by atoms with van der Waals surface area (Å²) < 4.78 is 1.90. The van der Waals surface area contributed by atoms with Gasteiger partial charge in [-0.15, -0.1) is 10.2 Å². The molecule has 1 N–H and O–H groups in total. The number of carbonyl (C=O) groups excluding carboxylic acids is 1. The maximum atomic E-state index is 12.8. The lowest BCUT2D eigenvalue weighted by atomic mass is 9.97. The van der Waals surface area contributed by atoms with Crippen LogP contribution in [0.3, 0.4) is 0 Å². The number of nitrogens with one attached hydrogen (secondary N) is 1. The van der Waals surface area contributed by atoms with Crippen LogP contribution in [-0.2, 0) is 11.8 Å². The number of thioether (sulfide) groups is 1. The topological polar surface area (TPSA) is 72.7 Å². The zero-order valence-electron chi connectivity index (χ0n) is 16.6. The highest BCUT2D eigenvalue weighted by molar-refractivity contribution is 8.00. The van der Waals surface area contributed by atoms with Crippen molar-refractivity contribution < 1.29 is 4.79 Å². The zero-order valence-corrected chi connectivity index (χ0v) is 17.4. The van der Waals surface area contributed by atoms with Crippen molar-refractivity contribution >= 4 is 23.4 Å². The molecular weight excluding hydrogens is 370 g/mol. The summed E-state index contributed by atoms with van der Waals surface area (Å²) in [5.41, 5.74) is 2.98. The van der Waals surface area contributed by atoms with Gasteiger partial charge in [0, 0.05) is 30.7 Å². The number of carbonyl (C=O) groups is 1. The van der Waals surface area contributed by atoms with E-state index in [2.05, 4.69) is 40.4 Å². The SMILES string of the molecule is CC[C@H](C)c1ccccc1NC(=O)[C@@H](C)Sc1nnc(-c2ccncc2)n1C. The second-order valence-electron chi connectivity index (χ2n) is 6.75. The molecule has 1 aromatic carbocycles. The van der Waals surface area contributed by atoms with E-state index < -0.39 is 0 Å². The van der Waals surface area contributed by atoms with Crippen LogP contribution in [0.1, 0.15) is 38.7 Å². The van der Waals surface area contributed by atoms with E-state index in [-0.39, 0.29) is 11.2 Å². The molecule has 3 rings (SSSR count). The van der Waals surface area contributed by atoms with Crippen molar-refractivity contribution in [1.82, 2.24) is 19.7 Å². The molecule has 0 aliphatic heterocycles. The predicted molar refractivity (Wildman–Crippen MR) is 113 cm³/mol. The lowest BCUT2D eigenvalue weighted by molar-refractivity contribution is -0.115. The van der Waals surface area contributed by atoms with Crippen molar-refractivity contribution in [3.05, 3.63) is 54.4 Å². The van der Waals surface area contributed by atoms with E-state index in [1.165, 1.54) is 11.8 Å². The second-order valence-corrected chi connectivity index (χ2v) is 8.05. The summed E-state index contributed by atoms with van der Waals surface area (Å²) in [6.07, 6.45) is 4.47. The Hall–Kier alpha value is -2.67. The summed E-state index contributed by atoms with van der Waals surface area (Å²) in [5, 5.41) is 12.0. The molecule has 0 aliphatic rings. The van der Waals surface area contributed by atoms with Gasteiger partial charge in [-0.25, -0.2) is 0 Å². The summed E-state index contributed by atoms with van der Waals surface area (Å²) in [6.45, 7) is 6.20. The molecule has 0 fully saturated rings. The highest BCUT2D eigenvalue weighted by atomic mass is 32.2. The van der Waals surface area contributed by atoms with E-state index in [1.54, 1.807) is 12.4 Å². The van der Waals surface area contributed by atoms with E-state index in [4.69, 9.17) is 0 Å². The number of aromatic nitrogens is 4. The summed E-state index contributed by atoms with van der Waals surface area (Å²) in [7, 11) is 1.90. The number of hydrogen-bond donors (Lipinski definition) is 1. The number of benzene rings is 1. The van der Waals surface area contributed by atoms with Gasteiger partial charge in [-0.1, -0.05) is 43.8 Å². The van der Waals surface area contributed by atoms with Crippen molar-refractivity contribution in [3.63, 3.8) is 0 Å². The number of rotatable bonds is 7. The van der Waals surface area contributed by atoms with E-state index in [0.717, 1.165) is 29.1 Å². The third kappa shape index (κ3) is 4.42. The molecule has 0 saturated carbocycles. The largest absolute Gasteiger partial charge is 0.325 e. The zero-order chi connectivity index (χ0) is 20.1. The number of anilines is 1. The van der Waals surface area contributed by atoms with E-state index in [0.29, 0.717) is 11.1 Å². The van der Waals surface area contributed by atoms with Gasteiger partial charge in [0.2, 0.25) is 5.91 Å². The molecule has 28 heavy (non-hydrogen) atoms. The normalized spacial score (nSPS) is 13.1. The fourth-order valence-electron chi connectivity index (χ4n) is 2.88. The van der Waals surface area contributed by atoms with Crippen molar-refractivity contribution in [2.24, 2.45) is 7.05 Å². The molecule has 2 atom stereocenters. The Morgan fingerprint density at radius 1 is 1.14 bits per heavy atom. The first-order chi connectivity index (χ1) is 13.5. The van der Waals surface area contributed by atoms with Crippen LogP contribution < -0.4 is 5.32 Å². The van der Waals surface area contributed by atoms with Crippen LogP contribution in [0.15, 0.2) is 53.9 Å². The number of pyridine rings is 1. The maximum Gasteiger partial charge on any atom is 0.237 e. The maximum absolute atomic E-state index is 12.8. The Labute approximate surface area is 169 Å². The van der Waals surface area contributed by atoms with Crippen molar-refractivity contribution in [2.75, 3.05) is 5.32 Å². The predicted octanol–water partition coefficient (Wildman–Crippen LogP) is 4.51. The summed E-state index contributed by atoms with van der Waals surface area (Å²) in [6, 6.07) is 11.8. The third-order valence-corrected chi connectivity index (χ3v) is 5.92. The van der Waals surface area contributed by atoms with Gasteiger partial charge >= 0.3 is 0 Å². The average molecular weight is 396 g/mol. The highest BCUT2D eigenvalue weighted by Crippen LogP contribution is 2.29. The monoisotopic (exact) mass is 395 g/mol. The molecule has 1 amide bonds. The lowest BCUT2D eigenvalue weighted by Gasteiger charge is -2.17. The second kappa shape index (κ2) is 9.01. The van der Waals surface area contributed by atoms with E-state index >= 15 is 0 Å². The van der Waals surface area contributed by atoms with E-state index in [1.807, 2.05) is 48.9 Å². The molecule has 0 radical (unpaired) electrons. The number of hydrogen-bond acceptors (Lipinski definition) is 5. The van der Waals surface area contributed by atoms with Gasteiger partial charge in [0.1, 0.15) is 0 Å². The van der Waals surface area contributed by atoms with Crippen LogP contribution >= 0.6 is 11.8 Å². The first-order valence-corrected chi connectivity index (χ1v) is 10.3. The molecular formula is C21H25N5OS. The molecule has 0 spiro atoms. The van der Waals surface area contributed by atoms with Crippen LogP contribution in [0.4, 0.5) is 5.69 Å². The molecule has 146 valence electrons. The minimum absolute atomic E-state index is 0.0470. The molecule has 7 heteroatoms. The minimum Gasteiger partial charge on any atom is -0.325 e. The van der Waals surface area contributed by atoms with Gasteiger partial charge in [-0.3, -0.25) is 9.78 Å². The quantitative estimate of drug-likeness (QED) is 0.596. The molecule has 0 saturated heterocycles. The van der Waals surface area contributed by atoms with Crippen molar-refractivity contribution in [2.45, 2.75) is 43.5 Å². The Balaban J connectivity index is 1.72. The first kappa shape index (κ1) is 20.1. The molecule has 0 bridgehead atoms. The van der Waals surface area contributed by atoms with Crippen LogP contribution in [0.5, 0.6) is 0 Å². The molecule has 0 aliphatic carbocycles. The van der Waals surface area contributed by atoms with Crippen LogP contribution in [0, 0.1) is 0 Å². The Morgan fingerprint density at radius 3 is 2.57 bits per heavy atom. The fourth-order valence-corrected chi connectivity index (χ4v) is 3.69. The molecule has 2 heterocycles. The standard InChI is InChI=1S/C21H25N5OS/c1-5-14(2)17-8-6-7-9-18(17)23-20(27)15(3)28-21-25-24-19(26(21)4)16-10-12-22-13-11-16/h6-15H,5H2,1-4H3,(H,23,27)/t14-,15+/m0/s1. The number of amides is 1. The van der Waals surface area contributed by atoms with Crippen LogP contribution in [0.25, 0.3) is 11.4 Å². The molecule has 3 aromatic rings. The van der Waals surface area contributed by atoms with Gasteiger partial charge < -0.3 is 9.88 Å². The number of para-hydroxylation sites is 1. The highest BCUT2D eigenvalue weighted by Gasteiger charge is 2.20. The first-order valence-electron chi connectivity index (χ1n) is 9.37. The van der Waals surface area contributed by atoms with Gasteiger partial charge in [-0.2, -0.15) is 0 Å². The van der Waals surface area contributed by atoms with Crippen molar-refractivity contribution in [3.8, 4) is 11.4 Å². The Kier molecular flexibility index (Phi) is 6.46. The van der Waals surface area contributed by atoms with Gasteiger partial charge in [0.05, 0.1) is 5.25 Å². The van der Waals surface area contributed by atoms with E-state index in [9.17, 15) is 4.79 Å². The van der Waals surface area contributed by atoms with Gasteiger partial charge in [-0.05, 0) is 43.0 Å². The summed E-state index contributed by atoms with van der Waals surface area (Å²) in [5.74, 6) is 1.09. The summed E-state index contributed by atoms with van der Waals surface area (Å²) >= 11 is 1.39. The smallest absolute Gasteiger partial charge is 0.237 e. The molecule has 2 aromatic heterocycles. The van der Waals surface area contributed by atoms with Gasteiger partial charge in [0.15, 0.2) is 11.0 Å². The molecule has 0 unspecified atom stereocenters. The van der Waals surface area contributed by atoms with Crippen LogP contribution in [-0.4, -0.2) is 30.9 Å². The average Bonchev–Trinajstić information content (AvgIpc) is 3.08. The number of nitrogens with zero attached hydrogens (tertiary/aromatic N) is 4. The van der Waals surface area contributed by atoms with Crippen molar-refractivity contribution in [1.29, 1.82) is 0 Å². The molecule has 6 nitrogen and oxygen atoms in total. The Bertz CT molecular complexity index is 941. The van der Waals surface area contributed by atoms with Gasteiger partial charge in [0.25, 0.3) is 0 Å². The fraction of sp³-hybridized carbons (Fsp3) is 0.333. The lowest BCUT2D eigenvalue weighted by Crippen LogP contribution is -2.23. The van der Waals surface area contributed by atoms with Crippen LogP contribution in [0.2, 0.25) is 0 Å². The third-order valence-electron chi connectivity index (χ3n) is 4.79. The minimum atomic E-state index is -0.307.